The first-order valence-corrected chi connectivity index (χ1v) is 8.94. The lowest BCUT2D eigenvalue weighted by atomic mass is 10.2. The van der Waals surface area contributed by atoms with E-state index in [1.807, 2.05) is 16.8 Å². The first-order valence-electron chi connectivity index (χ1n) is 4.94. The quantitative estimate of drug-likeness (QED) is 0.902. The van der Waals surface area contributed by atoms with E-state index in [2.05, 4.69) is 4.72 Å². The van der Waals surface area contributed by atoms with Crippen LogP contribution in [0, 0.1) is 0 Å². The second-order valence-corrected chi connectivity index (χ2v) is 8.27. The number of sulfonamides is 1. The van der Waals surface area contributed by atoms with E-state index in [0.717, 1.165) is 16.9 Å². The molecule has 8 heteroatoms. The van der Waals surface area contributed by atoms with Gasteiger partial charge in [-0.25, -0.2) is 13.1 Å². The Bertz CT molecular complexity index is 620. The molecule has 2 rings (SSSR count). The van der Waals surface area contributed by atoms with Crippen LogP contribution < -0.4 is 4.72 Å². The minimum atomic E-state index is -3.58. The molecule has 0 saturated heterocycles. The van der Waals surface area contributed by atoms with Crippen LogP contribution in [0.2, 0.25) is 8.67 Å². The molecule has 0 aromatic carbocycles. The summed E-state index contributed by atoms with van der Waals surface area (Å²) < 4.78 is 27.0. The highest BCUT2D eigenvalue weighted by Gasteiger charge is 2.20. The van der Waals surface area contributed by atoms with Crippen LogP contribution in [-0.4, -0.2) is 15.0 Å². The Morgan fingerprint density at radius 1 is 1.33 bits per heavy atom. The summed E-state index contributed by atoms with van der Waals surface area (Å²) in [6.07, 6.45) is 0.651. The van der Waals surface area contributed by atoms with Gasteiger partial charge < -0.3 is 0 Å². The van der Waals surface area contributed by atoms with Crippen molar-refractivity contribution in [2.75, 3.05) is 6.54 Å². The number of rotatable bonds is 5. The van der Waals surface area contributed by atoms with Crippen LogP contribution in [0.25, 0.3) is 0 Å². The molecule has 0 amide bonds. The van der Waals surface area contributed by atoms with Crippen molar-refractivity contribution in [3.05, 3.63) is 37.1 Å². The van der Waals surface area contributed by atoms with Gasteiger partial charge in [0.15, 0.2) is 0 Å². The standard InChI is InChI=1S/C10H9Cl2NO2S3/c11-9-5-8(10(12)17-9)18(14,15)13-3-1-7-2-4-16-6-7/h2,4-6,13H,1,3H2. The fourth-order valence-electron chi connectivity index (χ4n) is 1.35. The van der Waals surface area contributed by atoms with E-state index in [0.29, 0.717) is 17.3 Å². The highest BCUT2D eigenvalue weighted by Crippen LogP contribution is 2.33. The summed E-state index contributed by atoms with van der Waals surface area (Å²) in [5, 5.41) is 3.95. The minimum absolute atomic E-state index is 0.0458. The summed E-state index contributed by atoms with van der Waals surface area (Å²) in [6, 6.07) is 3.33. The fourth-order valence-corrected chi connectivity index (χ4v) is 5.23. The van der Waals surface area contributed by atoms with Gasteiger partial charge in [0, 0.05) is 6.54 Å². The van der Waals surface area contributed by atoms with Crippen molar-refractivity contribution in [1.82, 2.24) is 4.72 Å². The molecule has 2 aromatic heterocycles. The van der Waals surface area contributed by atoms with E-state index in [1.165, 1.54) is 6.07 Å². The number of nitrogens with one attached hydrogen (secondary N) is 1. The molecule has 0 spiro atoms. The minimum Gasteiger partial charge on any atom is -0.211 e. The third-order valence-electron chi connectivity index (χ3n) is 2.20. The average Bonchev–Trinajstić information content (AvgIpc) is 2.88. The zero-order valence-electron chi connectivity index (χ0n) is 9.02. The van der Waals surface area contributed by atoms with Crippen LogP contribution in [-0.2, 0) is 16.4 Å². The maximum Gasteiger partial charge on any atom is 0.242 e. The predicted molar refractivity (Wildman–Crippen MR) is 77.6 cm³/mol. The molecule has 0 aliphatic carbocycles. The van der Waals surface area contributed by atoms with Crippen molar-refractivity contribution < 1.29 is 8.42 Å². The molecular formula is C10H9Cl2NO2S3. The summed E-state index contributed by atoms with van der Waals surface area (Å²) >= 11 is 14.2. The Morgan fingerprint density at radius 3 is 2.67 bits per heavy atom. The zero-order chi connectivity index (χ0) is 13.2. The van der Waals surface area contributed by atoms with Crippen LogP contribution in [0.1, 0.15) is 5.56 Å². The van der Waals surface area contributed by atoms with Gasteiger partial charge in [0.2, 0.25) is 10.0 Å². The Hall–Kier alpha value is -0.110. The zero-order valence-corrected chi connectivity index (χ0v) is 13.0. The van der Waals surface area contributed by atoms with Crippen molar-refractivity contribution in [1.29, 1.82) is 0 Å². The lowest BCUT2D eigenvalue weighted by Crippen LogP contribution is -2.25. The van der Waals surface area contributed by atoms with E-state index >= 15 is 0 Å². The highest BCUT2D eigenvalue weighted by molar-refractivity contribution is 7.89. The molecule has 0 unspecified atom stereocenters. The smallest absolute Gasteiger partial charge is 0.211 e. The molecule has 0 fully saturated rings. The summed E-state index contributed by atoms with van der Waals surface area (Å²) in [7, 11) is -3.58. The lowest BCUT2D eigenvalue weighted by molar-refractivity contribution is 0.582. The van der Waals surface area contributed by atoms with Gasteiger partial charge in [-0.3, -0.25) is 0 Å². The number of thiophene rings is 2. The fraction of sp³-hybridized carbons (Fsp3) is 0.200. The van der Waals surface area contributed by atoms with Gasteiger partial charge in [-0.2, -0.15) is 11.3 Å². The van der Waals surface area contributed by atoms with Gasteiger partial charge in [-0.1, -0.05) is 23.2 Å². The Labute approximate surface area is 123 Å². The molecule has 0 aliphatic heterocycles. The maximum atomic E-state index is 11.9. The molecule has 2 heterocycles. The van der Waals surface area contributed by atoms with E-state index in [1.54, 1.807) is 11.3 Å². The normalized spacial score (nSPS) is 11.9. The number of hydrogen-bond donors (Lipinski definition) is 1. The predicted octanol–water partition coefficient (Wildman–Crippen LogP) is 3.64. The Kier molecular flexibility index (Phi) is 4.69. The van der Waals surface area contributed by atoms with Crippen LogP contribution in [0.4, 0.5) is 0 Å². The summed E-state index contributed by atoms with van der Waals surface area (Å²) in [6.45, 7) is 0.336. The molecule has 0 bridgehead atoms. The molecule has 2 aromatic rings. The molecular weight excluding hydrogens is 333 g/mol. The molecule has 1 N–H and O–H groups in total. The Morgan fingerprint density at radius 2 is 2.11 bits per heavy atom. The number of hydrogen-bond acceptors (Lipinski definition) is 4. The van der Waals surface area contributed by atoms with E-state index in [9.17, 15) is 8.42 Å². The van der Waals surface area contributed by atoms with Gasteiger partial charge in [-0.15, -0.1) is 11.3 Å². The first-order chi connectivity index (χ1) is 8.49. The molecule has 3 nitrogen and oxygen atoms in total. The highest BCUT2D eigenvalue weighted by atomic mass is 35.5. The van der Waals surface area contributed by atoms with Crippen molar-refractivity contribution in [2.24, 2.45) is 0 Å². The monoisotopic (exact) mass is 341 g/mol. The SMILES string of the molecule is O=S(=O)(NCCc1ccsc1)c1cc(Cl)sc1Cl. The molecule has 0 saturated carbocycles. The van der Waals surface area contributed by atoms with Crippen LogP contribution in [0.5, 0.6) is 0 Å². The van der Waals surface area contributed by atoms with Crippen molar-refractivity contribution >= 4 is 55.9 Å². The van der Waals surface area contributed by atoms with Gasteiger partial charge in [0.25, 0.3) is 0 Å². The second kappa shape index (κ2) is 5.90. The lowest BCUT2D eigenvalue weighted by Gasteiger charge is -2.04. The third-order valence-corrected chi connectivity index (χ3v) is 6.15. The summed E-state index contributed by atoms with van der Waals surface area (Å²) in [4.78, 5) is 0.0458. The van der Waals surface area contributed by atoms with Crippen molar-refractivity contribution in [3.8, 4) is 0 Å². The van der Waals surface area contributed by atoms with Crippen molar-refractivity contribution in [3.63, 3.8) is 0 Å². The summed E-state index contributed by atoms with van der Waals surface area (Å²) in [5.74, 6) is 0. The molecule has 0 atom stereocenters. The van der Waals surface area contributed by atoms with Crippen LogP contribution in [0.3, 0.4) is 0 Å². The van der Waals surface area contributed by atoms with E-state index < -0.39 is 10.0 Å². The molecule has 0 aliphatic rings. The van der Waals surface area contributed by atoms with Crippen LogP contribution in [0.15, 0.2) is 27.8 Å². The second-order valence-electron chi connectivity index (χ2n) is 3.47. The van der Waals surface area contributed by atoms with Gasteiger partial charge in [-0.05, 0) is 34.9 Å². The molecule has 18 heavy (non-hydrogen) atoms. The Balaban J connectivity index is 2.02. The largest absolute Gasteiger partial charge is 0.242 e. The number of halogens is 2. The van der Waals surface area contributed by atoms with Gasteiger partial charge >= 0.3 is 0 Å². The van der Waals surface area contributed by atoms with E-state index in [4.69, 9.17) is 23.2 Å². The molecule has 98 valence electrons. The van der Waals surface area contributed by atoms with E-state index in [-0.39, 0.29) is 9.23 Å². The first kappa shape index (κ1) is 14.3. The van der Waals surface area contributed by atoms with Crippen molar-refractivity contribution in [2.45, 2.75) is 11.3 Å². The van der Waals surface area contributed by atoms with Gasteiger partial charge in [0.05, 0.1) is 4.34 Å². The maximum absolute atomic E-state index is 11.9. The topological polar surface area (TPSA) is 46.2 Å². The van der Waals surface area contributed by atoms with Gasteiger partial charge in [0.1, 0.15) is 9.23 Å². The van der Waals surface area contributed by atoms with Crippen LogP contribution >= 0.6 is 45.9 Å². The average molecular weight is 342 g/mol. The summed E-state index contributed by atoms with van der Waals surface area (Å²) in [5.41, 5.74) is 1.11. The molecule has 0 radical (unpaired) electrons. The third kappa shape index (κ3) is 3.46.